The largest absolute Gasteiger partial charge is 0.375 e. The lowest BCUT2D eigenvalue weighted by molar-refractivity contribution is -0.384. The number of rotatable bonds is 5. The number of aryl methyl sites for hydroxylation is 1. The Balaban J connectivity index is 2.17. The molecular formula is C14H15N3O4S. The van der Waals surface area contributed by atoms with Gasteiger partial charge in [0.1, 0.15) is 5.69 Å². The fourth-order valence-electron chi connectivity index (χ4n) is 1.94. The number of nitro benzene ring substituents is 1. The number of benzene rings is 2. The molecule has 3 N–H and O–H groups in total. The van der Waals surface area contributed by atoms with Gasteiger partial charge in [-0.25, -0.2) is 13.6 Å². The number of sulfonamides is 1. The van der Waals surface area contributed by atoms with Crippen LogP contribution in [0.5, 0.6) is 0 Å². The van der Waals surface area contributed by atoms with Gasteiger partial charge < -0.3 is 5.32 Å². The minimum atomic E-state index is -3.72. The molecule has 0 bridgehead atoms. The molecule has 0 saturated heterocycles. The maximum Gasteiger partial charge on any atom is 0.292 e. The molecule has 0 heterocycles. The summed E-state index contributed by atoms with van der Waals surface area (Å²) in [5.74, 6) is 0. The monoisotopic (exact) mass is 321 g/mol. The van der Waals surface area contributed by atoms with E-state index in [1.165, 1.54) is 18.2 Å². The highest BCUT2D eigenvalue weighted by Gasteiger charge is 2.13. The van der Waals surface area contributed by atoms with E-state index in [0.29, 0.717) is 12.2 Å². The summed E-state index contributed by atoms with van der Waals surface area (Å²) in [6, 6.07) is 10.8. The Hall–Kier alpha value is -2.45. The van der Waals surface area contributed by atoms with Crippen LogP contribution in [-0.4, -0.2) is 13.3 Å². The van der Waals surface area contributed by atoms with Gasteiger partial charge in [0.15, 0.2) is 0 Å². The molecule has 2 aromatic carbocycles. The van der Waals surface area contributed by atoms with Gasteiger partial charge in [-0.1, -0.05) is 18.2 Å². The van der Waals surface area contributed by atoms with Gasteiger partial charge in [-0.15, -0.1) is 0 Å². The average Bonchev–Trinajstić information content (AvgIpc) is 2.44. The smallest absolute Gasteiger partial charge is 0.292 e. The van der Waals surface area contributed by atoms with Gasteiger partial charge in [-0.2, -0.15) is 0 Å². The molecule has 0 aromatic heterocycles. The van der Waals surface area contributed by atoms with Crippen molar-refractivity contribution in [2.75, 3.05) is 5.32 Å². The SMILES string of the molecule is Cc1ccc([N+](=O)[O-])c(NCc2ccc(S(N)(=O)=O)cc2)c1. The molecule has 0 aliphatic carbocycles. The van der Waals surface area contributed by atoms with Crippen molar-refractivity contribution < 1.29 is 13.3 Å². The standard InChI is InChI=1S/C14H15N3O4S/c1-10-2-7-14(17(18)19)13(8-10)16-9-11-3-5-12(6-4-11)22(15,20)21/h2-8,16H,9H2,1H3,(H2,15,20,21). The zero-order valence-corrected chi connectivity index (χ0v) is 12.6. The van der Waals surface area contributed by atoms with Gasteiger partial charge in [0.2, 0.25) is 10.0 Å². The number of primary sulfonamides is 1. The molecule has 0 radical (unpaired) electrons. The van der Waals surface area contributed by atoms with Crippen molar-refractivity contribution in [2.45, 2.75) is 18.4 Å². The van der Waals surface area contributed by atoms with Crippen LogP contribution in [0.3, 0.4) is 0 Å². The molecule has 0 saturated carbocycles. The van der Waals surface area contributed by atoms with Crippen LogP contribution in [0.25, 0.3) is 0 Å². The predicted octanol–water partition coefficient (Wildman–Crippen LogP) is 2.16. The van der Waals surface area contributed by atoms with E-state index < -0.39 is 14.9 Å². The van der Waals surface area contributed by atoms with Gasteiger partial charge in [0, 0.05) is 12.6 Å². The first-order chi connectivity index (χ1) is 10.3. The molecule has 2 rings (SSSR count). The van der Waals surface area contributed by atoms with Gasteiger partial charge >= 0.3 is 0 Å². The second-order valence-electron chi connectivity index (χ2n) is 4.82. The van der Waals surface area contributed by atoms with Crippen LogP contribution < -0.4 is 10.5 Å². The summed E-state index contributed by atoms with van der Waals surface area (Å²) >= 11 is 0. The van der Waals surface area contributed by atoms with Crippen molar-refractivity contribution in [1.82, 2.24) is 0 Å². The molecule has 0 fully saturated rings. The minimum absolute atomic E-state index is 0.00763. The lowest BCUT2D eigenvalue weighted by atomic mass is 10.1. The molecule has 0 unspecified atom stereocenters. The van der Waals surface area contributed by atoms with Crippen LogP contribution >= 0.6 is 0 Å². The minimum Gasteiger partial charge on any atom is -0.375 e. The van der Waals surface area contributed by atoms with Crippen molar-refractivity contribution in [3.63, 3.8) is 0 Å². The van der Waals surface area contributed by atoms with Gasteiger partial charge in [0.25, 0.3) is 5.69 Å². The summed E-state index contributed by atoms with van der Waals surface area (Å²) in [6.07, 6.45) is 0. The van der Waals surface area contributed by atoms with Crippen molar-refractivity contribution in [1.29, 1.82) is 0 Å². The molecule has 0 aliphatic heterocycles. The molecule has 0 atom stereocenters. The van der Waals surface area contributed by atoms with E-state index >= 15 is 0 Å². The number of hydrogen-bond donors (Lipinski definition) is 2. The molecule has 8 heteroatoms. The highest BCUT2D eigenvalue weighted by molar-refractivity contribution is 7.89. The van der Waals surface area contributed by atoms with Crippen LogP contribution in [0, 0.1) is 17.0 Å². The Bertz CT molecular complexity index is 801. The van der Waals surface area contributed by atoms with E-state index in [9.17, 15) is 18.5 Å². The average molecular weight is 321 g/mol. The first kappa shape index (κ1) is 15.9. The van der Waals surface area contributed by atoms with Gasteiger partial charge in [0.05, 0.1) is 9.82 Å². The molecule has 7 nitrogen and oxygen atoms in total. The second kappa shape index (κ2) is 6.12. The number of nitrogens with two attached hydrogens (primary N) is 1. The summed E-state index contributed by atoms with van der Waals surface area (Å²) in [5.41, 5.74) is 2.09. The third-order valence-electron chi connectivity index (χ3n) is 3.08. The summed E-state index contributed by atoms with van der Waals surface area (Å²) in [6.45, 7) is 2.17. The summed E-state index contributed by atoms with van der Waals surface area (Å²) < 4.78 is 22.3. The Morgan fingerprint density at radius 1 is 1.18 bits per heavy atom. The predicted molar refractivity (Wildman–Crippen MR) is 83.0 cm³/mol. The zero-order chi connectivity index (χ0) is 16.3. The molecular weight excluding hydrogens is 306 g/mol. The number of nitrogens with one attached hydrogen (secondary N) is 1. The van der Waals surface area contributed by atoms with Crippen molar-refractivity contribution in [3.05, 3.63) is 63.7 Å². The van der Waals surface area contributed by atoms with Crippen molar-refractivity contribution in [3.8, 4) is 0 Å². The summed E-state index contributed by atoms with van der Waals surface area (Å²) in [5, 5.41) is 19.0. The van der Waals surface area contributed by atoms with Crippen LogP contribution in [0.4, 0.5) is 11.4 Å². The Kier molecular flexibility index (Phi) is 4.43. The van der Waals surface area contributed by atoms with E-state index in [0.717, 1.165) is 11.1 Å². The maximum atomic E-state index is 11.2. The van der Waals surface area contributed by atoms with E-state index in [4.69, 9.17) is 5.14 Å². The first-order valence-corrected chi connectivity index (χ1v) is 7.92. The quantitative estimate of drug-likeness (QED) is 0.646. The van der Waals surface area contributed by atoms with E-state index in [1.54, 1.807) is 24.3 Å². The second-order valence-corrected chi connectivity index (χ2v) is 6.38. The highest BCUT2D eigenvalue weighted by Crippen LogP contribution is 2.25. The molecule has 0 amide bonds. The summed E-state index contributed by atoms with van der Waals surface area (Å²) in [4.78, 5) is 10.6. The Morgan fingerprint density at radius 2 is 1.82 bits per heavy atom. The third kappa shape index (κ3) is 3.80. The maximum absolute atomic E-state index is 11.2. The van der Waals surface area contributed by atoms with Gasteiger partial charge in [-0.05, 0) is 36.2 Å². The van der Waals surface area contributed by atoms with Crippen LogP contribution in [0.1, 0.15) is 11.1 Å². The fourth-order valence-corrected chi connectivity index (χ4v) is 2.46. The fraction of sp³-hybridized carbons (Fsp3) is 0.143. The number of nitro groups is 1. The highest BCUT2D eigenvalue weighted by atomic mass is 32.2. The molecule has 2 aromatic rings. The zero-order valence-electron chi connectivity index (χ0n) is 11.8. The van der Waals surface area contributed by atoms with Gasteiger partial charge in [-0.3, -0.25) is 10.1 Å². The van der Waals surface area contributed by atoms with E-state index in [1.807, 2.05) is 6.92 Å². The Morgan fingerprint density at radius 3 is 2.36 bits per heavy atom. The number of anilines is 1. The summed E-state index contributed by atoms with van der Waals surface area (Å²) in [7, 11) is -3.72. The van der Waals surface area contributed by atoms with Crippen LogP contribution in [0.2, 0.25) is 0 Å². The molecule has 0 aliphatic rings. The topological polar surface area (TPSA) is 115 Å². The number of nitrogens with zero attached hydrogens (tertiary/aromatic N) is 1. The first-order valence-electron chi connectivity index (χ1n) is 6.38. The van der Waals surface area contributed by atoms with E-state index in [2.05, 4.69) is 5.32 Å². The molecule has 22 heavy (non-hydrogen) atoms. The molecule has 116 valence electrons. The number of hydrogen-bond acceptors (Lipinski definition) is 5. The third-order valence-corrected chi connectivity index (χ3v) is 4.01. The van der Waals surface area contributed by atoms with Crippen molar-refractivity contribution in [2.24, 2.45) is 5.14 Å². The van der Waals surface area contributed by atoms with Crippen LogP contribution in [0.15, 0.2) is 47.4 Å². The normalized spacial score (nSPS) is 11.2. The van der Waals surface area contributed by atoms with Crippen molar-refractivity contribution >= 4 is 21.4 Å². The lowest BCUT2D eigenvalue weighted by Crippen LogP contribution is -2.12. The van der Waals surface area contributed by atoms with Crippen LogP contribution in [-0.2, 0) is 16.6 Å². The lowest BCUT2D eigenvalue weighted by Gasteiger charge is -2.08. The molecule has 0 spiro atoms. The Labute approximate surface area is 128 Å². The van der Waals surface area contributed by atoms with E-state index in [-0.39, 0.29) is 10.6 Å².